The van der Waals surface area contributed by atoms with Crippen LogP contribution in [0.1, 0.15) is 18.2 Å². The summed E-state index contributed by atoms with van der Waals surface area (Å²) in [6.45, 7) is 0.509. The van der Waals surface area contributed by atoms with E-state index in [1.165, 1.54) is 12.1 Å². The molecular formula is C9H9F2N. The summed E-state index contributed by atoms with van der Waals surface area (Å²) in [5.41, 5.74) is 0.775. The summed E-state index contributed by atoms with van der Waals surface area (Å²) >= 11 is 0. The summed E-state index contributed by atoms with van der Waals surface area (Å²) < 4.78 is 26.2. The third-order valence-electron chi connectivity index (χ3n) is 2.08. The maximum absolute atomic E-state index is 13.1. The van der Waals surface area contributed by atoms with Crippen molar-refractivity contribution >= 4 is 5.69 Å². The number of rotatable bonds is 0. The van der Waals surface area contributed by atoms with Gasteiger partial charge in [-0.1, -0.05) is 12.1 Å². The number of fused-ring (bicyclic) bond motifs is 1. The fraction of sp³-hybridized carbons (Fsp3) is 0.333. The van der Waals surface area contributed by atoms with Gasteiger partial charge in [-0.15, -0.1) is 0 Å². The number of anilines is 1. The molecule has 1 N–H and O–H groups in total. The second-order valence-electron chi connectivity index (χ2n) is 2.89. The van der Waals surface area contributed by atoms with E-state index in [1.807, 2.05) is 0 Å². The molecule has 1 aromatic rings. The first-order valence-electron chi connectivity index (χ1n) is 3.95. The summed E-state index contributed by atoms with van der Waals surface area (Å²) in [5.74, 6) is -0.366. The Morgan fingerprint density at radius 2 is 2.25 bits per heavy atom. The number of hydrogen-bond donors (Lipinski definition) is 1. The molecular weight excluding hydrogens is 160 g/mol. The van der Waals surface area contributed by atoms with Crippen molar-refractivity contribution in [3.63, 3.8) is 0 Å². The molecule has 3 heteroatoms. The molecule has 1 atom stereocenters. The van der Waals surface area contributed by atoms with E-state index in [0.29, 0.717) is 24.2 Å². The zero-order valence-electron chi connectivity index (χ0n) is 6.48. The minimum absolute atomic E-state index is 0.330. The molecule has 1 aromatic carbocycles. The molecule has 0 spiro atoms. The highest BCUT2D eigenvalue weighted by atomic mass is 19.1. The van der Waals surface area contributed by atoms with Gasteiger partial charge in [0.15, 0.2) is 0 Å². The SMILES string of the molecule is Fc1cccc2c1NCCC2F. The highest BCUT2D eigenvalue weighted by Gasteiger charge is 2.20. The third kappa shape index (κ3) is 1.05. The summed E-state index contributed by atoms with van der Waals surface area (Å²) in [6.07, 6.45) is -0.590. The van der Waals surface area contributed by atoms with Gasteiger partial charge in [-0.25, -0.2) is 8.78 Å². The number of halogens is 2. The van der Waals surface area contributed by atoms with E-state index in [9.17, 15) is 8.78 Å². The fourth-order valence-corrected chi connectivity index (χ4v) is 1.47. The summed E-state index contributed by atoms with van der Waals surface area (Å²) in [4.78, 5) is 0. The zero-order chi connectivity index (χ0) is 8.55. The maximum Gasteiger partial charge on any atom is 0.146 e. The van der Waals surface area contributed by atoms with Gasteiger partial charge in [0, 0.05) is 18.5 Å². The molecule has 1 unspecified atom stereocenters. The molecule has 0 saturated carbocycles. The summed E-state index contributed by atoms with van der Waals surface area (Å²) in [6, 6.07) is 4.49. The van der Waals surface area contributed by atoms with E-state index in [2.05, 4.69) is 5.32 Å². The van der Waals surface area contributed by atoms with Gasteiger partial charge in [-0.3, -0.25) is 0 Å². The zero-order valence-corrected chi connectivity index (χ0v) is 6.48. The minimum Gasteiger partial charge on any atom is -0.382 e. The van der Waals surface area contributed by atoms with Gasteiger partial charge in [0.1, 0.15) is 12.0 Å². The van der Waals surface area contributed by atoms with Crippen molar-refractivity contribution in [3.05, 3.63) is 29.6 Å². The van der Waals surface area contributed by atoms with Crippen LogP contribution in [-0.4, -0.2) is 6.54 Å². The van der Waals surface area contributed by atoms with Crippen molar-refractivity contribution in [2.45, 2.75) is 12.6 Å². The van der Waals surface area contributed by atoms with Crippen molar-refractivity contribution in [1.29, 1.82) is 0 Å². The highest BCUT2D eigenvalue weighted by Crippen LogP contribution is 2.33. The molecule has 64 valence electrons. The second-order valence-corrected chi connectivity index (χ2v) is 2.89. The highest BCUT2D eigenvalue weighted by molar-refractivity contribution is 5.55. The lowest BCUT2D eigenvalue weighted by Gasteiger charge is -2.21. The van der Waals surface area contributed by atoms with Crippen LogP contribution in [0.4, 0.5) is 14.5 Å². The smallest absolute Gasteiger partial charge is 0.146 e. The van der Waals surface area contributed by atoms with Gasteiger partial charge in [-0.2, -0.15) is 0 Å². The monoisotopic (exact) mass is 169 g/mol. The molecule has 1 aliphatic heterocycles. The van der Waals surface area contributed by atoms with E-state index in [1.54, 1.807) is 6.07 Å². The fourth-order valence-electron chi connectivity index (χ4n) is 1.47. The third-order valence-corrected chi connectivity index (χ3v) is 2.08. The Bertz CT molecular complexity index is 299. The Kier molecular flexibility index (Phi) is 1.71. The van der Waals surface area contributed by atoms with Gasteiger partial charge in [-0.05, 0) is 6.07 Å². The quantitative estimate of drug-likeness (QED) is 0.629. The Morgan fingerprint density at radius 1 is 1.42 bits per heavy atom. The van der Waals surface area contributed by atoms with Crippen molar-refractivity contribution in [2.75, 3.05) is 11.9 Å². The summed E-state index contributed by atoms with van der Waals surface area (Å²) in [7, 11) is 0. The van der Waals surface area contributed by atoms with Crippen molar-refractivity contribution in [2.24, 2.45) is 0 Å². The van der Waals surface area contributed by atoms with E-state index < -0.39 is 6.17 Å². The standard InChI is InChI=1S/C9H9F2N/c10-7-4-5-12-9-6(7)2-1-3-8(9)11/h1-3,7,12H,4-5H2. The molecule has 0 aliphatic carbocycles. The molecule has 1 heterocycles. The second kappa shape index (κ2) is 2.73. The van der Waals surface area contributed by atoms with Gasteiger partial charge >= 0.3 is 0 Å². The minimum atomic E-state index is -1.02. The van der Waals surface area contributed by atoms with Gasteiger partial charge < -0.3 is 5.32 Å². The molecule has 0 bridgehead atoms. The largest absolute Gasteiger partial charge is 0.382 e. The molecule has 0 saturated heterocycles. The predicted octanol–water partition coefficient (Wildman–Crippen LogP) is 2.65. The van der Waals surface area contributed by atoms with Crippen LogP contribution in [0.25, 0.3) is 0 Å². The Labute approximate surface area is 69.4 Å². The number of hydrogen-bond acceptors (Lipinski definition) is 1. The molecule has 12 heavy (non-hydrogen) atoms. The number of nitrogens with one attached hydrogen (secondary N) is 1. The normalized spacial score (nSPS) is 21.3. The van der Waals surface area contributed by atoms with E-state index >= 15 is 0 Å². The van der Waals surface area contributed by atoms with Crippen LogP contribution < -0.4 is 5.32 Å². The number of benzene rings is 1. The van der Waals surface area contributed by atoms with E-state index in [4.69, 9.17) is 0 Å². The van der Waals surface area contributed by atoms with E-state index in [-0.39, 0.29) is 5.82 Å². The Balaban J connectivity index is 2.52. The van der Waals surface area contributed by atoms with Crippen LogP contribution in [-0.2, 0) is 0 Å². The lowest BCUT2D eigenvalue weighted by atomic mass is 10.0. The molecule has 0 fully saturated rings. The van der Waals surface area contributed by atoms with Crippen LogP contribution in [0.2, 0.25) is 0 Å². The molecule has 1 nitrogen and oxygen atoms in total. The first-order valence-corrected chi connectivity index (χ1v) is 3.95. The van der Waals surface area contributed by atoms with Crippen LogP contribution in [0.5, 0.6) is 0 Å². The average molecular weight is 169 g/mol. The van der Waals surface area contributed by atoms with Gasteiger partial charge in [0.25, 0.3) is 0 Å². The molecule has 0 radical (unpaired) electrons. The Morgan fingerprint density at radius 3 is 3.00 bits per heavy atom. The lowest BCUT2D eigenvalue weighted by Crippen LogP contribution is -2.15. The number of alkyl halides is 1. The van der Waals surface area contributed by atoms with Crippen molar-refractivity contribution in [1.82, 2.24) is 0 Å². The van der Waals surface area contributed by atoms with Crippen LogP contribution >= 0.6 is 0 Å². The van der Waals surface area contributed by atoms with E-state index in [0.717, 1.165) is 0 Å². The van der Waals surface area contributed by atoms with Crippen molar-refractivity contribution in [3.8, 4) is 0 Å². The van der Waals surface area contributed by atoms with Gasteiger partial charge in [0.2, 0.25) is 0 Å². The van der Waals surface area contributed by atoms with Gasteiger partial charge in [0.05, 0.1) is 5.69 Å². The first kappa shape index (κ1) is 7.53. The molecule has 1 aliphatic rings. The first-order chi connectivity index (χ1) is 5.79. The maximum atomic E-state index is 13.1. The summed E-state index contributed by atoms with van der Waals surface area (Å²) in [5, 5.41) is 2.85. The Hall–Kier alpha value is -1.12. The van der Waals surface area contributed by atoms with Crippen LogP contribution in [0.3, 0.4) is 0 Å². The molecule has 2 rings (SSSR count). The van der Waals surface area contributed by atoms with Crippen LogP contribution in [0, 0.1) is 5.82 Å². The number of para-hydroxylation sites is 1. The average Bonchev–Trinajstić information content (AvgIpc) is 2.07. The molecule has 0 amide bonds. The lowest BCUT2D eigenvalue weighted by molar-refractivity contribution is 0.323. The van der Waals surface area contributed by atoms with Crippen molar-refractivity contribution < 1.29 is 8.78 Å². The molecule has 0 aromatic heterocycles. The predicted molar refractivity (Wildman–Crippen MR) is 43.4 cm³/mol. The van der Waals surface area contributed by atoms with Crippen LogP contribution in [0.15, 0.2) is 18.2 Å². The topological polar surface area (TPSA) is 12.0 Å².